The van der Waals surface area contributed by atoms with Gasteiger partial charge in [0.2, 0.25) is 0 Å². The highest BCUT2D eigenvalue weighted by Gasteiger charge is 2.12. The first-order chi connectivity index (χ1) is 7.81. The molecule has 0 amide bonds. The average molecular weight is 382 g/mol. The van der Waals surface area contributed by atoms with E-state index in [0.29, 0.717) is 0 Å². The van der Waals surface area contributed by atoms with E-state index in [1.807, 2.05) is 13.8 Å². The lowest BCUT2D eigenvalue weighted by atomic mass is 10.1. The minimum Gasteiger partial charge on any atom is -0.352 e. The summed E-state index contributed by atoms with van der Waals surface area (Å²) in [4.78, 5) is 9.87. The number of halogens is 1. The fraction of sp³-hybridized carbons (Fsp3) is 0.667. The molecule has 0 spiro atoms. The standard InChI is InChI=1S/C12H22N4S.HI/c1-8-10(17-9(2)15-8)7-14-11(13-6)16-12(3,4)5;/h7H2,1-6H3,(H2,13,14,16);1H. The van der Waals surface area contributed by atoms with Crippen LogP contribution in [0, 0.1) is 13.8 Å². The zero-order valence-corrected chi connectivity index (χ0v) is 15.1. The monoisotopic (exact) mass is 382 g/mol. The van der Waals surface area contributed by atoms with Crippen LogP contribution in [-0.4, -0.2) is 23.5 Å². The maximum absolute atomic E-state index is 4.41. The molecule has 1 rings (SSSR count). The van der Waals surface area contributed by atoms with Crippen molar-refractivity contribution in [2.24, 2.45) is 4.99 Å². The molecule has 0 aromatic carbocycles. The van der Waals surface area contributed by atoms with Gasteiger partial charge in [-0.1, -0.05) is 0 Å². The Labute approximate surface area is 131 Å². The number of aromatic nitrogens is 1. The summed E-state index contributed by atoms with van der Waals surface area (Å²) in [5, 5.41) is 7.74. The van der Waals surface area contributed by atoms with Gasteiger partial charge in [-0.15, -0.1) is 35.3 Å². The molecule has 18 heavy (non-hydrogen) atoms. The number of thiazole rings is 1. The summed E-state index contributed by atoms with van der Waals surface area (Å²) in [6, 6.07) is 0. The normalized spacial score (nSPS) is 12.0. The molecule has 6 heteroatoms. The highest BCUT2D eigenvalue weighted by atomic mass is 127. The molecule has 0 aliphatic rings. The molecular weight excluding hydrogens is 359 g/mol. The van der Waals surface area contributed by atoms with Crippen molar-refractivity contribution in [3.63, 3.8) is 0 Å². The number of aryl methyl sites for hydroxylation is 2. The highest BCUT2D eigenvalue weighted by Crippen LogP contribution is 2.16. The molecule has 0 atom stereocenters. The molecule has 0 unspecified atom stereocenters. The Bertz CT molecular complexity index is 407. The summed E-state index contributed by atoms with van der Waals surface area (Å²) in [6.07, 6.45) is 0. The third-order valence-electron chi connectivity index (χ3n) is 2.13. The molecule has 0 radical (unpaired) electrons. The van der Waals surface area contributed by atoms with Gasteiger partial charge in [-0.2, -0.15) is 0 Å². The first-order valence-corrected chi connectivity index (χ1v) is 6.55. The number of nitrogens with zero attached hydrogens (tertiary/aromatic N) is 2. The van der Waals surface area contributed by atoms with E-state index in [9.17, 15) is 0 Å². The summed E-state index contributed by atoms with van der Waals surface area (Å²) in [7, 11) is 1.78. The Hall–Kier alpha value is -0.370. The third-order valence-corrected chi connectivity index (χ3v) is 3.21. The minimum absolute atomic E-state index is 0. The summed E-state index contributed by atoms with van der Waals surface area (Å²) >= 11 is 1.73. The molecule has 0 aliphatic carbocycles. The van der Waals surface area contributed by atoms with Gasteiger partial charge < -0.3 is 10.6 Å². The lowest BCUT2D eigenvalue weighted by Crippen LogP contribution is -2.47. The zero-order valence-electron chi connectivity index (χ0n) is 11.9. The lowest BCUT2D eigenvalue weighted by molar-refractivity contribution is 0.501. The maximum atomic E-state index is 4.41. The molecule has 1 heterocycles. The van der Waals surface area contributed by atoms with Gasteiger partial charge in [-0.25, -0.2) is 4.98 Å². The van der Waals surface area contributed by atoms with E-state index < -0.39 is 0 Å². The number of rotatable bonds is 2. The zero-order chi connectivity index (χ0) is 13.1. The van der Waals surface area contributed by atoms with Crippen molar-refractivity contribution in [3.8, 4) is 0 Å². The van der Waals surface area contributed by atoms with E-state index in [2.05, 4.69) is 41.4 Å². The quantitative estimate of drug-likeness (QED) is 0.470. The van der Waals surface area contributed by atoms with E-state index >= 15 is 0 Å². The molecule has 0 aliphatic heterocycles. The summed E-state index contributed by atoms with van der Waals surface area (Å²) in [5.41, 5.74) is 1.12. The number of aliphatic imine (C=N–C) groups is 1. The van der Waals surface area contributed by atoms with Crippen LogP contribution in [-0.2, 0) is 6.54 Å². The van der Waals surface area contributed by atoms with Crippen LogP contribution in [0.5, 0.6) is 0 Å². The van der Waals surface area contributed by atoms with E-state index in [4.69, 9.17) is 0 Å². The van der Waals surface area contributed by atoms with Crippen molar-refractivity contribution >= 4 is 41.3 Å². The fourth-order valence-corrected chi connectivity index (χ4v) is 2.31. The summed E-state index contributed by atoms with van der Waals surface area (Å²) in [5.74, 6) is 0.822. The van der Waals surface area contributed by atoms with Gasteiger partial charge >= 0.3 is 0 Å². The van der Waals surface area contributed by atoms with Crippen molar-refractivity contribution in [2.75, 3.05) is 7.05 Å². The van der Waals surface area contributed by atoms with E-state index in [1.54, 1.807) is 18.4 Å². The van der Waals surface area contributed by atoms with Gasteiger partial charge in [0.05, 0.1) is 17.2 Å². The lowest BCUT2D eigenvalue weighted by Gasteiger charge is -2.23. The van der Waals surface area contributed by atoms with Gasteiger partial charge in [-0.3, -0.25) is 4.99 Å². The number of guanidine groups is 1. The minimum atomic E-state index is 0. The maximum Gasteiger partial charge on any atom is 0.191 e. The number of hydrogen-bond donors (Lipinski definition) is 2. The van der Waals surface area contributed by atoms with Crippen LogP contribution in [0.4, 0.5) is 0 Å². The van der Waals surface area contributed by atoms with Crippen molar-refractivity contribution in [1.82, 2.24) is 15.6 Å². The van der Waals surface area contributed by atoms with Crippen LogP contribution >= 0.6 is 35.3 Å². The van der Waals surface area contributed by atoms with Crippen molar-refractivity contribution in [3.05, 3.63) is 15.6 Å². The first kappa shape index (κ1) is 17.6. The second kappa shape index (κ2) is 7.28. The Morgan fingerprint density at radius 1 is 1.33 bits per heavy atom. The van der Waals surface area contributed by atoms with Crippen molar-refractivity contribution < 1.29 is 0 Å². The largest absolute Gasteiger partial charge is 0.352 e. The molecule has 0 fully saturated rings. The van der Waals surface area contributed by atoms with E-state index in [0.717, 1.165) is 23.2 Å². The molecular formula is C12H23IN4S. The molecule has 0 saturated heterocycles. The third kappa shape index (κ3) is 5.99. The predicted octanol–water partition coefficient (Wildman–Crippen LogP) is 2.84. The molecule has 4 nitrogen and oxygen atoms in total. The molecule has 1 aromatic rings. The molecule has 104 valence electrons. The van der Waals surface area contributed by atoms with Gasteiger partial charge in [0.1, 0.15) is 0 Å². The average Bonchev–Trinajstić information content (AvgIpc) is 2.50. The van der Waals surface area contributed by atoms with Crippen LogP contribution in [0.3, 0.4) is 0 Å². The van der Waals surface area contributed by atoms with E-state index in [-0.39, 0.29) is 29.5 Å². The van der Waals surface area contributed by atoms with Crippen molar-refractivity contribution in [1.29, 1.82) is 0 Å². The fourth-order valence-electron chi connectivity index (χ4n) is 1.44. The highest BCUT2D eigenvalue weighted by molar-refractivity contribution is 14.0. The predicted molar refractivity (Wildman–Crippen MR) is 90.1 cm³/mol. The Morgan fingerprint density at radius 2 is 1.94 bits per heavy atom. The number of hydrogen-bond acceptors (Lipinski definition) is 3. The van der Waals surface area contributed by atoms with Crippen LogP contribution in [0.2, 0.25) is 0 Å². The Kier molecular flexibility index (Phi) is 7.13. The van der Waals surface area contributed by atoms with Crippen LogP contribution in [0.1, 0.15) is 36.3 Å². The van der Waals surface area contributed by atoms with E-state index in [1.165, 1.54) is 4.88 Å². The van der Waals surface area contributed by atoms with Crippen LogP contribution in [0.25, 0.3) is 0 Å². The molecule has 0 saturated carbocycles. The second-order valence-corrected chi connectivity index (χ2v) is 6.33. The summed E-state index contributed by atoms with van der Waals surface area (Å²) < 4.78 is 0. The van der Waals surface area contributed by atoms with Crippen LogP contribution < -0.4 is 10.6 Å². The molecule has 1 aromatic heterocycles. The Morgan fingerprint density at radius 3 is 2.33 bits per heavy atom. The molecule has 2 N–H and O–H groups in total. The first-order valence-electron chi connectivity index (χ1n) is 5.73. The van der Waals surface area contributed by atoms with Gasteiger partial charge in [0, 0.05) is 17.5 Å². The summed E-state index contributed by atoms with van der Waals surface area (Å²) in [6.45, 7) is 11.2. The van der Waals surface area contributed by atoms with Gasteiger partial charge in [-0.05, 0) is 34.6 Å². The van der Waals surface area contributed by atoms with Crippen LogP contribution in [0.15, 0.2) is 4.99 Å². The van der Waals surface area contributed by atoms with Crippen molar-refractivity contribution in [2.45, 2.75) is 46.7 Å². The molecule has 0 bridgehead atoms. The Balaban J connectivity index is 0.00000289. The second-order valence-electron chi connectivity index (χ2n) is 5.04. The van der Waals surface area contributed by atoms with Gasteiger partial charge in [0.15, 0.2) is 5.96 Å². The number of nitrogens with one attached hydrogen (secondary N) is 2. The topological polar surface area (TPSA) is 49.3 Å². The SMILES string of the molecule is CN=C(NCc1sc(C)nc1C)NC(C)(C)C.I. The smallest absolute Gasteiger partial charge is 0.191 e. The van der Waals surface area contributed by atoms with Gasteiger partial charge in [0.25, 0.3) is 0 Å².